The molecule has 1 amide bonds. The highest BCUT2D eigenvalue weighted by Gasteiger charge is 2.17. The molecule has 122 valence electrons. The molecule has 1 atom stereocenters. The van der Waals surface area contributed by atoms with Crippen molar-refractivity contribution in [2.75, 3.05) is 6.26 Å². The molecule has 0 saturated heterocycles. The van der Waals surface area contributed by atoms with Gasteiger partial charge in [-0.25, -0.2) is 0 Å². The van der Waals surface area contributed by atoms with Crippen molar-refractivity contribution in [1.82, 2.24) is 20.3 Å². The largest absolute Gasteiger partial charge is 0.343 e. The van der Waals surface area contributed by atoms with Crippen LogP contribution in [0, 0.1) is 0 Å². The number of amides is 1. The SMILES string of the molecule is CSc1cccc(C(=O)NC(Cn2nccn2)c2ccccc2)c1. The lowest BCUT2D eigenvalue weighted by atomic mass is 10.1. The lowest BCUT2D eigenvalue weighted by Gasteiger charge is -2.19. The number of nitrogens with zero attached hydrogens (tertiary/aromatic N) is 3. The minimum atomic E-state index is -0.205. The van der Waals surface area contributed by atoms with Crippen LogP contribution in [0.1, 0.15) is 22.0 Å². The monoisotopic (exact) mass is 338 g/mol. The van der Waals surface area contributed by atoms with Gasteiger partial charge in [0.15, 0.2) is 0 Å². The molecule has 0 saturated carbocycles. The Morgan fingerprint density at radius 1 is 1.12 bits per heavy atom. The lowest BCUT2D eigenvalue weighted by Crippen LogP contribution is -2.32. The standard InChI is InChI=1S/C18H18N4OS/c1-24-16-9-5-8-15(12-16)18(23)21-17(13-22-19-10-11-20-22)14-6-3-2-4-7-14/h2-12,17H,13H2,1H3,(H,21,23). The number of rotatable bonds is 6. The summed E-state index contributed by atoms with van der Waals surface area (Å²) in [6, 6.07) is 17.3. The summed E-state index contributed by atoms with van der Waals surface area (Å²) in [6.07, 6.45) is 5.25. The van der Waals surface area contributed by atoms with E-state index in [1.807, 2.05) is 60.9 Å². The van der Waals surface area contributed by atoms with Gasteiger partial charge in [-0.3, -0.25) is 4.79 Å². The second-order valence-corrected chi connectivity index (χ2v) is 6.13. The number of benzene rings is 2. The molecule has 24 heavy (non-hydrogen) atoms. The molecule has 6 heteroatoms. The lowest BCUT2D eigenvalue weighted by molar-refractivity contribution is 0.0930. The quantitative estimate of drug-likeness (QED) is 0.701. The van der Waals surface area contributed by atoms with Crippen molar-refractivity contribution in [2.45, 2.75) is 17.5 Å². The Morgan fingerprint density at radius 3 is 2.58 bits per heavy atom. The number of carbonyl (C=O) groups excluding carboxylic acids is 1. The van der Waals surface area contributed by atoms with Gasteiger partial charge < -0.3 is 5.32 Å². The fourth-order valence-electron chi connectivity index (χ4n) is 2.43. The average molecular weight is 338 g/mol. The first kappa shape index (κ1) is 16.3. The maximum absolute atomic E-state index is 12.7. The summed E-state index contributed by atoms with van der Waals surface area (Å²) >= 11 is 1.62. The van der Waals surface area contributed by atoms with E-state index in [0.29, 0.717) is 12.1 Å². The Bertz CT molecular complexity index is 790. The molecule has 0 aliphatic heterocycles. The average Bonchev–Trinajstić information content (AvgIpc) is 3.15. The van der Waals surface area contributed by atoms with Crippen molar-refractivity contribution in [1.29, 1.82) is 0 Å². The number of aromatic nitrogens is 3. The minimum absolute atomic E-state index is 0.105. The highest BCUT2D eigenvalue weighted by Crippen LogP contribution is 2.18. The van der Waals surface area contributed by atoms with Gasteiger partial charge in [0, 0.05) is 10.5 Å². The van der Waals surface area contributed by atoms with E-state index < -0.39 is 0 Å². The summed E-state index contributed by atoms with van der Waals surface area (Å²) in [4.78, 5) is 15.3. The van der Waals surface area contributed by atoms with E-state index in [1.54, 1.807) is 29.0 Å². The number of nitrogens with one attached hydrogen (secondary N) is 1. The normalized spacial score (nSPS) is 11.9. The molecule has 3 rings (SSSR count). The first-order valence-corrected chi connectivity index (χ1v) is 8.82. The summed E-state index contributed by atoms with van der Waals surface area (Å²) < 4.78 is 0. The van der Waals surface area contributed by atoms with Crippen LogP contribution in [0.25, 0.3) is 0 Å². The maximum Gasteiger partial charge on any atom is 0.251 e. The molecule has 2 aromatic carbocycles. The van der Waals surface area contributed by atoms with Crippen molar-refractivity contribution in [3.05, 3.63) is 78.1 Å². The molecule has 0 fully saturated rings. The van der Waals surface area contributed by atoms with Gasteiger partial charge >= 0.3 is 0 Å². The Kier molecular flexibility index (Phi) is 5.28. The molecule has 0 spiro atoms. The highest BCUT2D eigenvalue weighted by molar-refractivity contribution is 7.98. The zero-order chi connectivity index (χ0) is 16.8. The molecule has 0 aliphatic carbocycles. The summed E-state index contributed by atoms with van der Waals surface area (Å²) in [6.45, 7) is 0.477. The maximum atomic E-state index is 12.7. The van der Waals surface area contributed by atoms with Crippen molar-refractivity contribution >= 4 is 17.7 Å². The van der Waals surface area contributed by atoms with Crippen LogP contribution in [-0.4, -0.2) is 27.2 Å². The Balaban J connectivity index is 1.81. The van der Waals surface area contributed by atoms with Gasteiger partial charge in [0.2, 0.25) is 0 Å². The van der Waals surface area contributed by atoms with Gasteiger partial charge in [0.25, 0.3) is 5.91 Å². The van der Waals surface area contributed by atoms with Crippen molar-refractivity contribution in [2.24, 2.45) is 0 Å². The molecule has 0 radical (unpaired) electrons. The molecular weight excluding hydrogens is 320 g/mol. The number of carbonyl (C=O) groups is 1. The van der Waals surface area contributed by atoms with E-state index in [1.165, 1.54) is 0 Å². The molecule has 1 aromatic heterocycles. The Morgan fingerprint density at radius 2 is 1.88 bits per heavy atom. The van der Waals surface area contributed by atoms with Crippen LogP contribution in [-0.2, 0) is 6.54 Å². The van der Waals surface area contributed by atoms with Crippen LogP contribution in [0.5, 0.6) is 0 Å². The molecule has 0 bridgehead atoms. The van der Waals surface area contributed by atoms with Crippen LogP contribution >= 0.6 is 11.8 Å². The van der Waals surface area contributed by atoms with E-state index in [4.69, 9.17) is 0 Å². The third-order valence-electron chi connectivity index (χ3n) is 3.65. The van der Waals surface area contributed by atoms with E-state index in [-0.39, 0.29) is 11.9 Å². The van der Waals surface area contributed by atoms with Crippen LogP contribution in [0.2, 0.25) is 0 Å². The van der Waals surface area contributed by atoms with E-state index in [2.05, 4.69) is 15.5 Å². The predicted octanol–water partition coefficient (Wildman–Crippen LogP) is 3.17. The van der Waals surface area contributed by atoms with Crippen molar-refractivity contribution in [3.63, 3.8) is 0 Å². The first-order valence-electron chi connectivity index (χ1n) is 7.60. The topological polar surface area (TPSA) is 59.8 Å². The van der Waals surface area contributed by atoms with Gasteiger partial charge in [-0.15, -0.1) is 11.8 Å². The highest BCUT2D eigenvalue weighted by atomic mass is 32.2. The summed E-state index contributed by atoms with van der Waals surface area (Å²) in [5.41, 5.74) is 1.67. The summed E-state index contributed by atoms with van der Waals surface area (Å²) in [5, 5.41) is 11.4. The molecular formula is C18H18N4OS. The predicted molar refractivity (Wildman–Crippen MR) is 94.9 cm³/mol. The van der Waals surface area contributed by atoms with E-state index in [9.17, 15) is 4.79 Å². The fourth-order valence-corrected chi connectivity index (χ4v) is 2.89. The van der Waals surface area contributed by atoms with Crippen LogP contribution < -0.4 is 5.32 Å². The molecule has 1 N–H and O–H groups in total. The summed E-state index contributed by atoms with van der Waals surface area (Å²) in [5.74, 6) is -0.105. The zero-order valence-electron chi connectivity index (χ0n) is 13.3. The van der Waals surface area contributed by atoms with Gasteiger partial charge in [0.05, 0.1) is 25.0 Å². The van der Waals surface area contributed by atoms with E-state index in [0.717, 1.165) is 10.5 Å². The number of hydrogen-bond donors (Lipinski definition) is 1. The minimum Gasteiger partial charge on any atom is -0.343 e. The zero-order valence-corrected chi connectivity index (χ0v) is 14.1. The van der Waals surface area contributed by atoms with Crippen LogP contribution in [0.3, 0.4) is 0 Å². The third kappa shape index (κ3) is 4.02. The molecule has 1 unspecified atom stereocenters. The van der Waals surface area contributed by atoms with Gasteiger partial charge in [-0.05, 0) is 30.0 Å². The van der Waals surface area contributed by atoms with Crippen LogP contribution in [0.4, 0.5) is 0 Å². The van der Waals surface area contributed by atoms with Gasteiger partial charge in [-0.1, -0.05) is 36.4 Å². The van der Waals surface area contributed by atoms with Crippen molar-refractivity contribution < 1.29 is 4.79 Å². The van der Waals surface area contributed by atoms with Crippen LogP contribution in [0.15, 0.2) is 71.9 Å². The van der Waals surface area contributed by atoms with Crippen molar-refractivity contribution in [3.8, 4) is 0 Å². The number of thioether (sulfide) groups is 1. The van der Waals surface area contributed by atoms with E-state index >= 15 is 0 Å². The van der Waals surface area contributed by atoms with Gasteiger partial charge in [0.1, 0.15) is 0 Å². The number of hydrogen-bond acceptors (Lipinski definition) is 4. The Labute approximate surface area is 145 Å². The second kappa shape index (κ2) is 7.79. The molecule has 3 aromatic rings. The smallest absolute Gasteiger partial charge is 0.251 e. The first-order chi connectivity index (χ1) is 11.8. The molecule has 1 heterocycles. The second-order valence-electron chi connectivity index (χ2n) is 5.25. The molecule has 5 nitrogen and oxygen atoms in total. The Hall–Kier alpha value is -2.60. The third-order valence-corrected chi connectivity index (χ3v) is 4.38. The fraction of sp³-hybridized carbons (Fsp3) is 0.167. The molecule has 0 aliphatic rings. The summed E-state index contributed by atoms with van der Waals surface area (Å²) in [7, 11) is 0. The van der Waals surface area contributed by atoms with Gasteiger partial charge in [-0.2, -0.15) is 15.0 Å².